The average molecular weight is 365 g/mol. The van der Waals surface area contributed by atoms with Crippen molar-refractivity contribution in [1.29, 1.82) is 0 Å². The molecule has 0 saturated heterocycles. The monoisotopic (exact) mass is 365 g/mol. The van der Waals surface area contributed by atoms with Crippen LogP contribution in [0, 0.1) is 0 Å². The molecule has 0 spiro atoms. The van der Waals surface area contributed by atoms with E-state index in [2.05, 4.69) is 34.5 Å². The highest BCUT2D eigenvalue weighted by atomic mass is 32.1. The van der Waals surface area contributed by atoms with Crippen molar-refractivity contribution in [2.24, 2.45) is 0 Å². The van der Waals surface area contributed by atoms with Gasteiger partial charge in [-0.25, -0.2) is 4.68 Å². The van der Waals surface area contributed by atoms with Crippen LogP contribution < -0.4 is 10.5 Å². The molecule has 0 aliphatic heterocycles. The Kier molecular flexibility index (Phi) is 4.30. The number of hydrogen-bond acceptors (Lipinski definition) is 5. The fraction of sp³-hybridized carbons (Fsp3) is 0.211. The molecule has 0 saturated carbocycles. The molecular formula is C19H19N5OS. The van der Waals surface area contributed by atoms with Crippen LogP contribution in [-0.4, -0.2) is 32.8 Å². The molecule has 4 aromatic rings. The standard InChI is InChI=1S/C19H19N5OS/c1-13(11-15-9-6-10-26-15)23(2)19-21-17-16(18(25)22-19)12-20-24(17)14-7-4-3-5-8-14/h3-10,12-13H,11H2,1-2H3,(H,21,22,25). The summed E-state index contributed by atoms with van der Waals surface area (Å²) in [6.07, 6.45) is 2.46. The van der Waals surface area contributed by atoms with Gasteiger partial charge in [-0.3, -0.25) is 9.78 Å². The number of para-hydroxylation sites is 1. The Hall–Kier alpha value is -2.93. The highest BCUT2D eigenvalue weighted by Gasteiger charge is 2.17. The normalized spacial score (nSPS) is 12.4. The van der Waals surface area contributed by atoms with E-state index < -0.39 is 0 Å². The lowest BCUT2D eigenvalue weighted by molar-refractivity contribution is 0.670. The number of aromatic amines is 1. The van der Waals surface area contributed by atoms with E-state index in [4.69, 9.17) is 4.98 Å². The van der Waals surface area contributed by atoms with Crippen molar-refractivity contribution in [3.63, 3.8) is 0 Å². The van der Waals surface area contributed by atoms with E-state index in [1.54, 1.807) is 22.2 Å². The molecule has 0 radical (unpaired) electrons. The third kappa shape index (κ3) is 3.01. The number of fused-ring (bicyclic) bond motifs is 1. The van der Waals surface area contributed by atoms with Crippen molar-refractivity contribution < 1.29 is 0 Å². The maximum Gasteiger partial charge on any atom is 0.263 e. The molecule has 1 atom stereocenters. The van der Waals surface area contributed by atoms with Crippen molar-refractivity contribution in [2.75, 3.05) is 11.9 Å². The fourth-order valence-corrected chi connectivity index (χ4v) is 3.72. The number of H-pyrrole nitrogens is 1. The molecule has 0 aliphatic carbocycles. The first kappa shape index (κ1) is 16.5. The third-order valence-corrected chi connectivity index (χ3v) is 5.40. The van der Waals surface area contributed by atoms with Crippen LogP contribution in [-0.2, 0) is 6.42 Å². The summed E-state index contributed by atoms with van der Waals surface area (Å²) in [4.78, 5) is 23.4. The van der Waals surface area contributed by atoms with Crippen LogP contribution in [0.1, 0.15) is 11.8 Å². The van der Waals surface area contributed by atoms with Crippen LogP contribution in [0.25, 0.3) is 16.7 Å². The van der Waals surface area contributed by atoms with Crippen LogP contribution in [0.15, 0.2) is 58.8 Å². The molecule has 7 heteroatoms. The van der Waals surface area contributed by atoms with E-state index in [0.717, 1.165) is 12.1 Å². The maximum absolute atomic E-state index is 12.5. The van der Waals surface area contributed by atoms with Crippen LogP contribution >= 0.6 is 11.3 Å². The number of aromatic nitrogens is 4. The molecule has 1 N–H and O–H groups in total. The zero-order chi connectivity index (χ0) is 18.1. The van der Waals surface area contributed by atoms with Gasteiger partial charge in [-0.15, -0.1) is 11.3 Å². The van der Waals surface area contributed by atoms with Crippen LogP contribution in [0.2, 0.25) is 0 Å². The molecule has 1 unspecified atom stereocenters. The van der Waals surface area contributed by atoms with Gasteiger partial charge in [-0.05, 0) is 30.5 Å². The SMILES string of the molecule is CC(Cc1cccs1)N(C)c1nc2c(cnn2-c2ccccc2)c(=O)[nH]1. The number of rotatable bonds is 5. The van der Waals surface area contributed by atoms with Gasteiger partial charge in [0.15, 0.2) is 5.65 Å². The quantitative estimate of drug-likeness (QED) is 0.590. The number of benzene rings is 1. The van der Waals surface area contributed by atoms with Gasteiger partial charge in [0.1, 0.15) is 5.39 Å². The zero-order valence-electron chi connectivity index (χ0n) is 14.6. The number of nitrogens with one attached hydrogen (secondary N) is 1. The molecule has 26 heavy (non-hydrogen) atoms. The van der Waals surface area contributed by atoms with Crippen LogP contribution in [0.4, 0.5) is 5.95 Å². The smallest absolute Gasteiger partial charge is 0.263 e. The average Bonchev–Trinajstić information content (AvgIpc) is 3.31. The molecule has 0 amide bonds. The molecule has 6 nitrogen and oxygen atoms in total. The lowest BCUT2D eigenvalue weighted by Crippen LogP contribution is -2.33. The van der Waals surface area contributed by atoms with Gasteiger partial charge in [0, 0.05) is 24.4 Å². The molecule has 4 rings (SSSR count). The number of likely N-dealkylation sites (N-methyl/N-ethyl adjacent to an activating group) is 1. The second-order valence-corrected chi connectivity index (χ2v) is 7.29. The number of thiophene rings is 1. The van der Waals surface area contributed by atoms with E-state index in [0.29, 0.717) is 17.0 Å². The van der Waals surface area contributed by atoms with Crippen LogP contribution in [0.5, 0.6) is 0 Å². The minimum Gasteiger partial charge on any atom is -0.342 e. The molecule has 3 aromatic heterocycles. The molecule has 132 valence electrons. The fourth-order valence-electron chi connectivity index (χ4n) is 2.90. The summed E-state index contributed by atoms with van der Waals surface area (Å²) in [6.45, 7) is 2.12. The highest BCUT2D eigenvalue weighted by molar-refractivity contribution is 7.09. The molecule has 3 heterocycles. The second-order valence-electron chi connectivity index (χ2n) is 6.26. The van der Waals surface area contributed by atoms with E-state index in [1.165, 1.54) is 4.88 Å². The summed E-state index contributed by atoms with van der Waals surface area (Å²) in [7, 11) is 1.95. The summed E-state index contributed by atoms with van der Waals surface area (Å²) in [5.74, 6) is 0.546. The third-order valence-electron chi connectivity index (χ3n) is 4.50. The lowest BCUT2D eigenvalue weighted by Gasteiger charge is -2.25. The van der Waals surface area contributed by atoms with Gasteiger partial charge < -0.3 is 4.90 Å². The van der Waals surface area contributed by atoms with Crippen molar-refractivity contribution in [3.05, 3.63) is 69.3 Å². The molecule has 0 fully saturated rings. The minimum absolute atomic E-state index is 0.178. The van der Waals surface area contributed by atoms with E-state index >= 15 is 0 Å². The van der Waals surface area contributed by atoms with Gasteiger partial charge in [0.2, 0.25) is 5.95 Å². The second kappa shape index (κ2) is 6.76. The van der Waals surface area contributed by atoms with Crippen molar-refractivity contribution >= 4 is 28.3 Å². The van der Waals surface area contributed by atoms with Crippen molar-refractivity contribution in [1.82, 2.24) is 19.7 Å². The first-order chi connectivity index (χ1) is 12.6. The van der Waals surface area contributed by atoms with Gasteiger partial charge in [-0.2, -0.15) is 10.1 Å². The maximum atomic E-state index is 12.5. The summed E-state index contributed by atoms with van der Waals surface area (Å²) in [6, 6.07) is 14.1. The van der Waals surface area contributed by atoms with Crippen molar-refractivity contribution in [2.45, 2.75) is 19.4 Å². The molecule has 0 aliphatic rings. The summed E-state index contributed by atoms with van der Waals surface area (Å²) < 4.78 is 1.70. The van der Waals surface area contributed by atoms with Crippen LogP contribution in [0.3, 0.4) is 0 Å². The Morgan fingerprint density at radius 2 is 2.04 bits per heavy atom. The Morgan fingerprint density at radius 3 is 2.77 bits per heavy atom. The zero-order valence-corrected chi connectivity index (χ0v) is 15.4. The highest BCUT2D eigenvalue weighted by Crippen LogP contribution is 2.19. The lowest BCUT2D eigenvalue weighted by atomic mass is 10.2. The number of hydrogen-bond donors (Lipinski definition) is 1. The van der Waals surface area contributed by atoms with Gasteiger partial charge in [-0.1, -0.05) is 24.3 Å². The summed E-state index contributed by atoms with van der Waals surface area (Å²) in [5, 5.41) is 6.91. The number of anilines is 1. The topological polar surface area (TPSA) is 66.8 Å². The summed E-state index contributed by atoms with van der Waals surface area (Å²) in [5.41, 5.74) is 1.26. The van der Waals surface area contributed by atoms with Crippen molar-refractivity contribution in [3.8, 4) is 5.69 Å². The first-order valence-corrected chi connectivity index (χ1v) is 9.30. The van der Waals surface area contributed by atoms with Gasteiger partial charge in [0.25, 0.3) is 5.56 Å². The van der Waals surface area contributed by atoms with E-state index in [-0.39, 0.29) is 11.6 Å². The largest absolute Gasteiger partial charge is 0.342 e. The van der Waals surface area contributed by atoms with Gasteiger partial charge in [0.05, 0.1) is 11.9 Å². The Labute approximate surface area is 154 Å². The van der Waals surface area contributed by atoms with E-state index in [9.17, 15) is 4.79 Å². The molecular weight excluding hydrogens is 346 g/mol. The van der Waals surface area contributed by atoms with Gasteiger partial charge >= 0.3 is 0 Å². The Bertz CT molecular complexity index is 1070. The molecule has 1 aromatic carbocycles. The van der Waals surface area contributed by atoms with E-state index in [1.807, 2.05) is 42.3 Å². The predicted molar refractivity (Wildman–Crippen MR) is 105 cm³/mol. The minimum atomic E-state index is -0.178. The first-order valence-electron chi connectivity index (χ1n) is 8.42. The summed E-state index contributed by atoms with van der Waals surface area (Å²) >= 11 is 1.74. The molecule has 0 bridgehead atoms. The Morgan fingerprint density at radius 1 is 1.23 bits per heavy atom. The predicted octanol–water partition coefficient (Wildman–Crippen LogP) is 3.24. The Balaban J connectivity index is 1.73. The number of nitrogens with zero attached hydrogens (tertiary/aromatic N) is 4.